The molecule has 1 atom stereocenters. The fourth-order valence-corrected chi connectivity index (χ4v) is 1.22. The zero-order valence-electron chi connectivity index (χ0n) is 10.8. The van der Waals surface area contributed by atoms with Crippen LogP contribution in [0.25, 0.3) is 0 Å². The molecule has 1 unspecified atom stereocenters. The zero-order chi connectivity index (χ0) is 12.8. The van der Waals surface area contributed by atoms with Crippen molar-refractivity contribution >= 4 is 11.7 Å². The molecule has 5 heteroatoms. The van der Waals surface area contributed by atoms with Gasteiger partial charge in [0.05, 0.1) is 12.4 Å². The SMILES string of the molecule is CCC(C)NC(=O)c1cnc(NC(C)C)cn1. The van der Waals surface area contributed by atoms with Crippen LogP contribution in [-0.2, 0) is 0 Å². The van der Waals surface area contributed by atoms with Crippen LogP contribution in [0.2, 0.25) is 0 Å². The molecule has 5 nitrogen and oxygen atoms in total. The Kier molecular flexibility index (Phi) is 4.87. The number of hydrogen-bond donors (Lipinski definition) is 2. The molecule has 0 bridgehead atoms. The van der Waals surface area contributed by atoms with Crippen molar-refractivity contribution in [3.8, 4) is 0 Å². The molecule has 0 saturated heterocycles. The van der Waals surface area contributed by atoms with Gasteiger partial charge in [0.15, 0.2) is 0 Å². The lowest BCUT2D eigenvalue weighted by Gasteiger charge is -2.11. The molecule has 0 aromatic carbocycles. The average Bonchev–Trinajstić information content (AvgIpc) is 2.28. The summed E-state index contributed by atoms with van der Waals surface area (Å²) in [6, 6.07) is 0.446. The van der Waals surface area contributed by atoms with Crippen molar-refractivity contribution in [2.45, 2.75) is 46.2 Å². The molecule has 1 amide bonds. The summed E-state index contributed by atoms with van der Waals surface area (Å²) in [6.07, 6.45) is 3.96. The molecule has 0 aliphatic rings. The van der Waals surface area contributed by atoms with E-state index in [1.165, 1.54) is 6.20 Å². The Balaban J connectivity index is 2.64. The van der Waals surface area contributed by atoms with Gasteiger partial charge >= 0.3 is 0 Å². The summed E-state index contributed by atoms with van der Waals surface area (Å²) in [4.78, 5) is 19.9. The van der Waals surface area contributed by atoms with Crippen LogP contribution in [-0.4, -0.2) is 28.0 Å². The first-order chi connectivity index (χ1) is 8.02. The molecule has 0 radical (unpaired) electrons. The van der Waals surface area contributed by atoms with Crippen molar-refractivity contribution in [1.29, 1.82) is 0 Å². The molecule has 0 spiro atoms. The average molecular weight is 236 g/mol. The van der Waals surface area contributed by atoms with Crippen LogP contribution in [0.4, 0.5) is 5.82 Å². The van der Waals surface area contributed by atoms with E-state index in [4.69, 9.17) is 0 Å². The minimum atomic E-state index is -0.178. The molecule has 1 heterocycles. The Labute approximate surface area is 102 Å². The number of amides is 1. The van der Waals surface area contributed by atoms with Crippen LogP contribution in [0.3, 0.4) is 0 Å². The third-order valence-electron chi connectivity index (χ3n) is 2.31. The smallest absolute Gasteiger partial charge is 0.271 e. The summed E-state index contributed by atoms with van der Waals surface area (Å²) in [7, 11) is 0. The highest BCUT2D eigenvalue weighted by Crippen LogP contribution is 2.03. The predicted molar refractivity (Wildman–Crippen MR) is 68.0 cm³/mol. The second-order valence-electron chi connectivity index (χ2n) is 4.37. The molecule has 0 aliphatic heterocycles. The van der Waals surface area contributed by atoms with Gasteiger partial charge in [0.2, 0.25) is 0 Å². The molecule has 17 heavy (non-hydrogen) atoms. The normalized spacial score (nSPS) is 12.3. The van der Waals surface area contributed by atoms with E-state index in [1.807, 2.05) is 27.7 Å². The molecule has 0 fully saturated rings. The quantitative estimate of drug-likeness (QED) is 0.818. The highest BCUT2D eigenvalue weighted by atomic mass is 16.1. The molecule has 1 aromatic rings. The largest absolute Gasteiger partial charge is 0.367 e. The Morgan fingerprint density at radius 2 is 2.00 bits per heavy atom. The van der Waals surface area contributed by atoms with Gasteiger partial charge in [0.1, 0.15) is 11.5 Å². The molecule has 0 aliphatic carbocycles. The molecular formula is C12H20N4O. The fourth-order valence-electron chi connectivity index (χ4n) is 1.22. The summed E-state index contributed by atoms with van der Waals surface area (Å²) >= 11 is 0. The molecule has 1 rings (SSSR count). The Hall–Kier alpha value is -1.65. The van der Waals surface area contributed by atoms with Crippen LogP contribution in [0.15, 0.2) is 12.4 Å². The summed E-state index contributed by atoms with van der Waals surface area (Å²) in [5.41, 5.74) is 0.347. The van der Waals surface area contributed by atoms with Crippen LogP contribution >= 0.6 is 0 Å². The Morgan fingerprint density at radius 3 is 2.47 bits per heavy atom. The lowest BCUT2D eigenvalue weighted by atomic mass is 10.2. The van der Waals surface area contributed by atoms with E-state index in [0.29, 0.717) is 17.6 Å². The summed E-state index contributed by atoms with van der Waals surface area (Å²) in [5, 5.41) is 5.96. The topological polar surface area (TPSA) is 66.9 Å². The van der Waals surface area contributed by atoms with Gasteiger partial charge in [-0.2, -0.15) is 0 Å². The molecule has 2 N–H and O–H groups in total. The fraction of sp³-hybridized carbons (Fsp3) is 0.583. The maximum Gasteiger partial charge on any atom is 0.271 e. The van der Waals surface area contributed by atoms with Crippen molar-refractivity contribution in [3.63, 3.8) is 0 Å². The number of anilines is 1. The van der Waals surface area contributed by atoms with Crippen molar-refractivity contribution in [2.75, 3.05) is 5.32 Å². The summed E-state index contributed by atoms with van der Waals surface area (Å²) < 4.78 is 0. The first-order valence-electron chi connectivity index (χ1n) is 5.92. The van der Waals surface area contributed by atoms with E-state index in [0.717, 1.165) is 6.42 Å². The van der Waals surface area contributed by atoms with Gasteiger partial charge in [-0.3, -0.25) is 4.79 Å². The van der Waals surface area contributed by atoms with E-state index in [2.05, 4.69) is 20.6 Å². The number of aromatic nitrogens is 2. The number of nitrogens with zero attached hydrogens (tertiary/aromatic N) is 2. The van der Waals surface area contributed by atoms with Gasteiger partial charge in [-0.05, 0) is 27.2 Å². The predicted octanol–water partition coefficient (Wildman–Crippen LogP) is 1.83. The Bertz CT molecular complexity index is 361. The van der Waals surface area contributed by atoms with Gasteiger partial charge in [0, 0.05) is 12.1 Å². The van der Waals surface area contributed by atoms with Gasteiger partial charge in [-0.1, -0.05) is 6.92 Å². The van der Waals surface area contributed by atoms with E-state index >= 15 is 0 Å². The standard InChI is InChI=1S/C12H20N4O/c1-5-9(4)16-12(17)10-6-14-11(7-13-10)15-8(2)3/h6-9H,5H2,1-4H3,(H,14,15)(H,16,17). The minimum Gasteiger partial charge on any atom is -0.367 e. The number of carbonyl (C=O) groups is 1. The summed E-state index contributed by atoms with van der Waals surface area (Å²) in [6.45, 7) is 8.02. The van der Waals surface area contributed by atoms with Crippen LogP contribution in [0.5, 0.6) is 0 Å². The van der Waals surface area contributed by atoms with Gasteiger partial charge < -0.3 is 10.6 Å². The lowest BCUT2D eigenvalue weighted by molar-refractivity contribution is 0.0934. The number of hydrogen-bond acceptors (Lipinski definition) is 4. The monoisotopic (exact) mass is 236 g/mol. The number of nitrogens with one attached hydrogen (secondary N) is 2. The second-order valence-corrected chi connectivity index (χ2v) is 4.37. The van der Waals surface area contributed by atoms with Crippen molar-refractivity contribution in [2.24, 2.45) is 0 Å². The van der Waals surface area contributed by atoms with E-state index in [-0.39, 0.29) is 11.9 Å². The third kappa shape index (κ3) is 4.38. The third-order valence-corrected chi connectivity index (χ3v) is 2.31. The van der Waals surface area contributed by atoms with Gasteiger partial charge in [-0.15, -0.1) is 0 Å². The summed E-state index contributed by atoms with van der Waals surface area (Å²) in [5.74, 6) is 0.503. The molecule has 94 valence electrons. The van der Waals surface area contributed by atoms with E-state index < -0.39 is 0 Å². The number of carbonyl (C=O) groups excluding carboxylic acids is 1. The second kappa shape index (κ2) is 6.18. The van der Waals surface area contributed by atoms with Gasteiger partial charge in [0.25, 0.3) is 5.91 Å². The van der Waals surface area contributed by atoms with Crippen molar-refractivity contribution in [3.05, 3.63) is 18.1 Å². The Morgan fingerprint density at radius 1 is 1.29 bits per heavy atom. The van der Waals surface area contributed by atoms with Crippen molar-refractivity contribution in [1.82, 2.24) is 15.3 Å². The molecule has 1 aromatic heterocycles. The highest BCUT2D eigenvalue weighted by Gasteiger charge is 2.10. The van der Waals surface area contributed by atoms with Crippen molar-refractivity contribution < 1.29 is 4.79 Å². The zero-order valence-corrected chi connectivity index (χ0v) is 10.8. The highest BCUT2D eigenvalue weighted by molar-refractivity contribution is 5.92. The maximum absolute atomic E-state index is 11.7. The van der Waals surface area contributed by atoms with E-state index in [1.54, 1.807) is 6.20 Å². The van der Waals surface area contributed by atoms with Crippen LogP contribution in [0, 0.1) is 0 Å². The molecule has 0 saturated carbocycles. The first kappa shape index (κ1) is 13.4. The van der Waals surface area contributed by atoms with Crippen LogP contribution < -0.4 is 10.6 Å². The maximum atomic E-state index is 11.7. The minimum absolute atomic E-state index is 0.151. The lowest BCUT2D eigenvalue weighted by Crippen LogP contribution is -2.32. The first-order valence-corrected chi connectivity index (χ1v) is 5.92. The van der Waals surface area contributed by atoms with E-state index in [9.17, 15) is 4.79 Å². The number of rotatable bonds is 5. The van der Waals surface area contributed by atoms with Crippen LogP contribution in [0.1, 0.15) is 44.6 Å². The molecular weight excluding hydrogens is 216 g/mol. The van der Waals surface area contributed by atoms with Gasteiger partial charge in [-0.25, -0.2) is 9.97 Å².